The number of nitrogens with one attached hydrogen (secondary N) is 1. The first-order valence-corrected chi connectivity index (χ1v) is 7.88. The average molecular weight is 312 g/mol. The highest BCUT2D eigenvalue weighted by Crippen LogP contribution is 2.09. The maximum absolute atomic E-state index is 11.7. The summed E-state index contributed by atoms with van der Waals surface area (Å²) in [5.74, 6) is -2.00. The van der Waals surface area contributed by atoms with Gasteiger partial charge in [-0.15, -0.1) is 6.58 Å². The van der Waals surface area contributed by atoms with Gasteiger partial charge in [0.2, 0.25) is 11.8 Å². The molecule has 0 rings (SSSR count). The smallest absolute Gasteiger partial charge is 0.326 e. The van der Waals surface area contributed by atoms with E-state index in [0.29, 0.717) is 6.42 Å². The zero-order chi connectivity index (χ0) is 16.8. The summed E-state index contributed by atoms with van der Waals surface area (Å²) in [5.41, 5.74) is 4.98. The van der Waals surface area contributed by atoms with Crippen molar-refractivity contribution in [2.75, 3.05) is 0 Å². The fourth-order valence-electron chi connectivity index (χ4n) is 2.09. The van der Waals surface area contributed by atoms with Crippen molar-refractivity contribution in [1.29, 1.82) is 0 Å². The highest BCUT2D eigenvalue weighted by Gasteiger charge is 2.20. The second-order valence-electron chi connectivity index (χ2n) is 5.41. The predicted octanol–water partition coefficient (Wildman–Crippen LogP) is 2.13. The first-order chi connectivity index (χ1) is 10.5. The molecule has 6 heteroatoms. The molecule has 2 amide bonds. The van der Waals surface area contributed by atoms with Gasteiger partial charge in [0, 0.05) is 12.8 Å². The zero-order valence-corrected chi connectivity index (χ0v) is 13.2. The van der Waals surface area contributed by atoms with E-state index in [0.717, 1.165) is 38.5 Å². The summed E-state index contributed by atoms with van der Waals surface area (Å²) in [6.45, 7) is 3.67. The molecule has 126 valence electrons. The van der Waals surface area contributed by atoms with Gasteiger partial charge >= 0.3 is 5.97 Å². The summed E-state index contributed by atoms with van der Waals surface area (Å²) in [5, 5.41) is 11.4. The van der Waals surface area contributed by atoms with Crippen molar-refractivity contribution < 1.29 is 19.5 Å². The van der Waals surface area contributed by atoms with Crippen molar-refractivity contribution in [3.05, 3.63) is 12.7 Å². The van der Waals surface area contributed by atoms with E-state index in [4.69, 9.17) is 10.8 Å². The molecule has 0 heterocycles. The molecule has 0 aliphatic heterocycles. The normalized spacial score (nSPS) is 11.6. The average Bonchev–Trinajstić information content (AvgIpc) is 2.45. The molecule has 1 unspecified atom stereocenters. The molecule has 0 fully saturated rings. The van der Waals surface area contributed by atoms with Gasteiger partial charge in [0.1, 0.15) is 6.04 Å². The van der Waals surface area contributed by atoms with E-state index in [9.17, 15) is 14.4 Å². The minimum absolute atomic E-state index is 0.0275. The molecule has 0 saturated carbocycles. The molecule has 0 spiro atoms. The Kier molecular flexibility index (Phi) is 11.8. The highest BCUT2D eigenvalue weighted by molar-refractivity contribution is 5.84. The van der Waals surface area contributed by atoms with Gasteiger partial charge in [-0.1, -0.05) is 31.8 Å². The molecule has 1 atom stereocenters. The Bertz CT molecular complexity index is 369. The van der Waals surface area contributed by atoms with Gasteiger partial charge in [-0.25, -0.2) is 4.79 Å². The molecule has 6 nitrogen and oxygen atoms in total. The minimum Gasteiger partial charge on any atom is -0.480 e. The van der Waals surface area contributed by atoms with Gasteiger partial charge in [-0.2, -0.15) is 0 Å². The van der Waals surface area contributed by atoms with Crippen LogP contribution in [0.5, 0.6) is 0 Å². The van der Waals surface area contributed by atoms with Gasteiger partial charge in [0.25, 0.3) is 0 Å². The number of rotatable bonds is 14. The summed E-state index contributed by atoms with van der Waals surface area (Å²) < 4.78 is 0. The van der Waals surface area contributed by atoms with Gasteiger partial charge in [0.05, 0.1) is 0 Å². The number of allylic oxidation sites excluding steroid dienone is 1. The predicted molar refractivity (Wildman–Crippen MR) is 85.1 cm³/mol. The number of unbranched alkanes of at least 4 members (excludes halogenated alkanes) is 6. The Hall–Kier alpha value is -1.85. The van der Waals surface area contributed by atoms with Gasteiger partial charge < -0.3 is 16.2 Å². The second-order valence-corrected chi connectivity index (χ2v) is 5.41. The van der Waals surface area contributed by atoms with Crippen LogP contribution in [0.2, 0.25) is 0 Å². The third-order valence-corrected chi connectivity index (χ3v) is 3.37. The fourth-order valence-corrected chi connectivity index (χ4v) is 2.09. The maximum atomic E-state index is 11.7. The van der Waals surface area contributed by atoms with Crippen LogP contribution in [0.25, 0.3) is 0 Å². The van der Waals surface area contributed by atoms with Crippen molar-refractivity contribution >= 4 is 17.8 Å². The van der Waals surface area contributed by atoms with Gasteiger partial charge in [-0.05, 0) is 25.7 Å². The monoisotopic (exact) mass is 312 g/mol. The molecule has 0 bridgehead atoms. The number of aliphatic carboxylic acids is 1. The number of hydrogen-bond donors (Lipinski definition) is 3. The molecular weight excluding hydrogens is 284 g/mol. The Balaban J connectivity index is 3.74. The van der Waals surface area contributed by atoms with Crippen LogP contribution in [0.4, 0.5) is 0 Å². The van der Waals surface area contributed by atoms with Crippen molar-refractivity contribution in [2.45, 2.75) is 70.3 Å². The molecule has 4 N–H and O–H groups in total. The number of nitrogens with two attached hydrogens (primary N) is 1. The number of hydrogen-bond acceptors (Lipinski definition) is 3. The first-order valence-electron chi connectivity index (χ1n) is 7.88. The number of carboxylic acids is 1. The summed E-state index contributed by atoms with van der Waals surface area (Å²) in [4.78, 5) is 33.3. The Morgan fingerprint density at radius 1 is 1.05 bits per heavy atom. The Morgan fingerprint density at radius 3 is 2.18 bits per heavy atom. The molecule has 0 aliphatic carbocycles. The van der Waals surface area contributed by atoms with Crippen LogP contribution in [0.3, 0.4) is 0 Å². The van der Waals surface area contributed by atoms with Crippen LogP contribution < -0.4 is 11.1 Å². The topological polar surface area (TPSA) is 109 Å². The van der Waals surface area contributed by atoms with Crippen LogP contribution in [-0.4, -0.2) is 28.9 Å². The largest absolute Gasteiger partial charge is 0.480 e. The van der Waals surface area contributed by atoms with Crippen molar-refractivity contribution in [1.82, 2.24) is 5.32 Å². The molecule has 0 aliphatic rings. The third-order valence-electron chi connectivity index (χ3n) is 3.37. The second kappa shape index (κ2) is 12.9. The molecule has 0 aromatic heterocycles. The Morgan fingerprint density at radius 2 is 1.64 bits per heavy atom. The van der Waals surface area contributed by atoms with Gasteiger partial charge in [-0.3, -0.25) is 9.59 Å². The number of primary amides is 1. The van der Waals surface area contributed by atoms with Crippen molar-refractivity contribution in [2.24, 2.45) is 5.73 Å². The quantitative estimate of drug-likeness (QED) is 0.337. The highest BCUT2D eigenvalue weighted by atomic mass is 16.4. The fraction of sp³-hybridized carbons (Fsp3) is 0.688. The van der Waals surface area contributed by atoms with E-state index in [2.05, 4.69) is 11.9 Å². The summed E-state index contributed by atoms with van der Waals surface area (Å²) in [7, 11) is 0. The number of carbonyl (C=O) groups excluding carboxylic acids is 2. The lowest BCUT2D eigenvalue weighted by Crippen LogP contribution is -2.41. The standard InChI is InChI=1S/C16H28N2O4/c1-2-3-4-5-6-7-8-9-10-15(20)18-13(16(21)22)11-12-14(17)19/h2,13H,1,3-12H2,(H2,17,19)(H,18,20)(H,21,22). The molecular formula is C16H28N2O4. The van der Waals surface area contributed by atoms with E-state index in [1.165, 1.54) is 6.42 Å². The molecule has 0 aromatic carbocycles. The number of amides is 2. The minimum atomic E-state index is -1.14. The summed E-state index contributed by atoms with van der Waals surface area (Å²) >= 11 is 0. The van der Waals surface area contributed by atoms with Crippen LogP contribution >= 0.6 is 0 Å². The van der Waals surface area contributed by atoms with Crippen LogP contribution in [-0.2, 0) is 14.4 Å². The van der Waals surface area contributed by atoms with E-state index in [1.807, 2.05) is 6.08 Å². The molecule has 0 saturated heterocycles. The number of carboxylic acid groups (broad SMARTS) is 1. The van der Waals surface area contributed by atoms with Crippen molar-refractivity contribution in [3.8, 4) is 0 Å². The lowest BCUT2D eigenvalue weighted by molar-refractivity contribution is -0.142. The van der Waals surface area contributed by atoms with E-state index >= 15 is 0 Å². The molecule has 0 radical (unpaired) electrons. The van der Waals surface area contributed by atoms with Gasteiger partial charge in [0.15, 0.2) is 0 Å². The summed E-state index contributed by atoms with van der Waals surface area (Å²) in [6, 6.07) is -1.04. The van der Waals surface area contributed by atoms with E-state index in [-0.39, 0.29) is 18.7 Å². The van der Waals surface area contributed by atoms with E-state index < -0.39 is 17.9 Å². The zero-order valence-electron chi connectivity index (χ0n) is 13.2. The van der Waals surface area contributed by atoms with Crippen LogP contribution in [0.15, 0.2) is 12.7 Å². The molecule has 22 heavy (non-hydrogen) atoms. The first kappa shape index (κ1) is 20.1. The lowest BCUT2D eigenvalue weighted by Gasteiger charge is -2.13. The third kappa shape index (κ3) is 11.9. The number of carbonyl (C=O) groups is 3. The lowest BCUT2D eigenvalue weighted by atomic mass is 10.1. The van der Waals surface area contributed by atoms with Crippen molar-refractivity contribution in [3.63, 3.8) is 0 Å². The SMILES string of the molecule is C=CCCCCCCCCC(=O)NC(CCC(N)=O)C(=O)O. The van der Waals surface area contributed by atoms with Crippen LogP contribution in [0, 0.1) is 0 Å². The van der Waals surface area contributed by atoms with E-state index in [1.54, 1.807) is 0 Å². The molecule has 0 aromatic rings. The van der Waals surface area contributed by atoms with Crippen LogP contribution in [0.1, 0.15) is 64.2 Å². The maximum Gasteiger partial charge on any atom is 0.326 e. The summed E-state index contributed by atoms with van der Waals surface area (Å²) in [6.07, 6.45) is 9.51. The Labute approximate surface area is 132 Å².